The van der Waals surface area contributed by atoms with E-state index < -0.39 is 0 Å². The first-order valence-electron chi connectivity index (χ1n) is 7.71. The van der Waals surface area contributed by atoms with Crippen LogP contribution in [0, 0.1) is 5.92 Å². The highest BCUT2D eigenvalue weighted by Gasteiger charge is 2.35. The summed E-state index contributed by atoms with van der Waals surface area (Å²) in [5.41, 5.74) is 0. The average molecular weight is 293 g/mol. The lowest BCUT2D eigenvalue weighted by Gasteiger charge is -2.36. The third-order valence-electron chi connectivity index (χ3n) is 4.32. The average Bonchev–Trinajstić information content (AvgIpc) is 3.07. The Labute approximate surface area is 124 Å². The van der Waals surface area contributed by atoms with Crippen molar-refractivity contribution in [3.63, 3.8) is 0 Å². The molecule has 1 aromatic heterocycles. The second kappa shape index (κ2) is 6.11. The minimum atomic E-state index is -0.0819. The molecular formula is C14H23N5O2. The van der Waals surface area contributed by atoms with Crippen LogP contribution in [0.2, 0.25) is 0 Å². The van der Waals surface area contributed by atoms with E-state index in [0.29, 0.717) is 24.4 Å². The molecule has 2 atom stereocenters. The predicted octanol–water partition coefficient (Wildman–Crippen LogP) is 0.815. The van der Waals surface area contributed by atoms with Crippen molar-refractivity contribution in [2.24, 2.45) is 5.92 Å². The molecule has 7 nitrogen and oxygen atoms in total. The normalized spacial score (nSPS) is 26.0. The Morgan fingerprint density at radius 2 is 2.33 bits per heavy atom. The SMILES string of the molecule is CC(C)c1nnc(NC(=O)CN2CCCC3CNCC32)o1. The molecular weight excluding hydrogens is 270 g/mol. The standard InChI is InChI=1S/C14H23N5O2/c1-9(2)13-17-18-14(21-13)16-12(20)8-19-5-3-4-10-6-15-7-11(10)19/h9-11,15H,3-8H2,1-2H3,(H,16,18,20). The number of hydrogen-bond donors (Lipinski definition) is 2. The molecule has 2 saturated heterocycles. The van der Waals surface area contributed by atoms with E-state index in [1.54, 1.807) is 0 Å². The number of amides is 1. The maximum atomic E-state index is 12.1. The summed E-state index contributed by atoms with van der Waals surface area (Å²) < 4.78 is 5.41. The molecule has 2 fully saturated rings. The molecule has 0 spiro atoms. The lowest BCUT2D eigenvalue weighted by molar-refractivity contribution is -0.118. The van der Waals surface area contributed by atoms with Crippen molar-refractivity contribution in [1.29, 1.82) is 0 Å². The van der Waals surface area contributed by atoms with Gasteiger partial charge in [0.05, 0.1) is 6.54 Å². The van der Waals surface area contributed by atoms with Crippen LogP contribution in [-0.2, 0) is 4.79 Å². The van der Waals surface area contributed by atoms with Crippen LogP contribution < -0.4 is 10.6 Å². The largest absolute Gasteiger partial charge is 0.408 e. The van der Waals surface area contributed by atoms with Gasteiger partial charge in [0.15, 0.2) is 0 Å². The summed E-state index contributed by atoms with van der Waals surface area (Å²) in [5, 5.41) is 13.9. The van der Waals surface area contributed by atoms with Crippen LogP contribution in [0.15, 0.2) is 4.42 Å². The zero-order valence-electron chi connectivity index (χ0n) is 12.6. The van der Waals surface area contributed by atoms with Crippen molar-refractivity contribution in [2.45, 2.75) is 38.6 Å². The summed E-state index contributed by atoms with van der Waals surface area (Å²) in [7, 11) is 0. The number of hydrogen-bond acceptors (Lipinski definition) is 6. The van der Waals surface area contributed by atoms with Crippen molar-refractivity contribution in [1.82, 2.24) is 20.4 Å². The van der Waals surface area contributed by atoms with E-state index >= 15 is 0 Å². The molecule has 0 aromatic carbocycles. The van der Waals surface area contributed by atoms with Gasteiger partial charge >= 0.3 is 6.01 Å². The summed E-state index contributed by atoms with van der Waals surface area (Å²) in [5.74, 6) is 1.31. The molecule has 0 aliphatic carbocycles. The second-order valence-corrected chi connectivity index (χ2v) is 6.25. The molecule has 2 unspecified atom stereocenters. The lowest BCUT2D eigenvalue weighted by atomic mass is 9.92. The van der Waals surface area contributed by atoms with Gasteiger partial charge in [-0.25, -0.2) is 0 Å². The highest BCUT2D eigenvalue weighted by molar-refractivity contribution is 5.90. The van der Waals surface area contributed by atoms with Crippen LogP contribution in [-0.4, -0.2) is 53.2 Å². The first-order chi connectivity index (χ1) is 10.1. The highest BCUT2D eigenvalue weighted by Crippen LogP contribution is 2.26. The van der Waals surface area contributed by atoms with Gasteiger partial charge in [0.1, 0.15) is 0 Å². The van der Waals surface area contributed by atoms with Crippen LogP contribution in [0.25, 0.3) is 0 Å². The van der Waals surface area contributed by atoms with Crippen LogP contribution >= 0.6 is 0 Å². The van der Waals surface area contributed by atoms with E-state index in [0.717, 1.165) is 26.1 Å². The Morgan fingerprint density at radius 1 is 1.48 bits per heavy atom. The summed E-state index contributed by atoms with van der Waals surface area (Å²) >= 11 is 0. The number of nitrogens with one attached hydrogen (secondary N) is 2. The molecule has 3 heterocycles. The number of aromatic nitrogens is 2. The number of likely N-dealkylation sites (tertiary alicyclic amines) is 1. The number of fused-ring (bicyclic) bond motifs is 1. The highest BCUT2D eigenvalue weighted by atomic mass is 16.4. The Bertz CT molecular complexity index is 501. The van der Waals surface area contributed by atoms with Gasteiger partial charge < -0.3 is 9.73 Å². The lowest BCUT2D eigenvalue weighted by Crippen LogP contribution is -2.48. The second-order valence-electron chi connectivity index (χ2n) is 6.25. The van der Waals surface area contributed by atoms with Crippen molar-refractivity contribution >= 4 is 11.9 Å². The van der Waals surface area contributed by atoms with Gasteiger partial charge in [-0.3, -0.25) is 15.0 Å². The van der Waals surface area contributed by atoms with Gasteiger partial charge in [-0.05, 0) is 31.8 Å². The van der Waals surface area contributed by atoms with Gasteiger partial charge in [-0.1, -0.05) is 18.9 Å². The van der Waals surface area contributed by atoms with Gasteiger partial charge in [-0.2, -0.15) is 0 Å². The van der Waals surface area contributed by atoms with Gasteiger partial charge in [0.2, 0.25) is 11.8 Å². The minimum absolute atomic E-state index is 0.0819. The Morgan fingerprint density at radius 3 is 3.10 bits per heavy atom. The van der Waals surface area contributed by atoms with Crippen LogP contribution in [0.5, 0.6) is 0 Å². The van der Waals surface area contributed by atoms with Gasteiger partial charge in [0.25, 0.3) is 0 Å². The molecule has 1 amide bonds. The molecule has 7 heteroatoms. The molecule has 1 aromatic rings. The fraction of sp³-hybridized carbons (Fsp3) is 0.786. The zero-order chi connectivity index (χ0) is 14.8. The summed E-state index contributed by atoms with van der Waals surface area (Å²) in [6, 6.07) is 0.681. The Balaban J connectivity index is 1.55. The van der Waals surface area contributed by atoms with Crippen molar-refractivity contribution < 1.29 is 9.21 Å². The third kappa shape index (κ3) is 3.24. The smallest absolute Gasteiger partial charge is 0.322 e. The van der Waals surface area contributed by atoms with E-state index in [4.69, 9.17) is 4.42 Å². The molecule has 116 valence electrons. The zero-order valence-corrected chi connectivity index (χ0v) is 12.6. The van der Waals surface area contributed by atoms with E-state index in [2.05, 4.69) is 25.7 Å². The van der Waals surface area contributed by atoms with Crippen molar-refractivity contribution in [3.05, 3.63) is 5.89 Å². The Hall–Kier alpha value is -1.47. The maximum Gasteiger partial charge on any atom is 0.322 e. The quantitative estimate of drug-likeness (QED) is 0.855. The van der Waals surface area contributed by atoms with E-state index in [1.807, 2.05) is 13.8 Å². The third-order valence-corrected chi connectivity index (χ3v) is 4.32. The monoisotopic (exact) mass is 293 g/mol. The number of carbonyl (C=O) groups is 1. The molecule has 2 aliphatic rings. The molecule has 2 aliphatic heterocycles. The molecule has 0 radical (unpaired) electrons. The fourth-order valence-corrected chi connectivity index (χ4v) is 3.22. The molecule has 3 rings (SSSR count). The van der Waals surface area contributed by atoms with E-state index in [9.17, 15) is 4.79 Å². The van der Waals surface area contributed by atoms with Crippen LogP contribution in [0.3, 0.4) is 0 Å². The minimum Gasteiger partial charge on any atom is -0.408 e. The molecule has 21 heavy (non-hydrogen) atoms. The number of piperidine rings is 1. The summed E-state index contributed by atoms with van der Waals surface area (Å²) in [6.45, 7) is 7.37. The molecule has 2 N–H and O–H groups in total. The fourth-order valence-electron chi connectivity index (χ4n) is 3.22. The van der Waals surface area contributed by atoms with Gasteiger partial charge in [-0.15, -0.1) is 5.10 Å². The first kappa shape index (κ1) is 14.5. The topological polar surface area (TPSA) is 83.3 Å². The summed E-state index contributed by atoms with van der Waals surface area (Å²) in [6.07, 6.45) is 2.42. The number of rotatable bonds is 4. The van der Waals surface area contributed by atoms with Crippen molar-refractivity contribution in [2.75, 3.05) is 31.5 Å². The molecule has 0 saturated carbocycles. The first-order valence-corrected chi connectivity index (χ1v) is 7.71. The van der Waals surface area contributed by atoms with Crippen LogP contribution in [0.4, 0.5) is 6.01 Å². The number of carbonyl (C=O) groups excluding carboxylic acids is 1. The van der Waals surface area contributed by atoms with E-state index in [-0.39, 0.29) is 17.8 Å². The van der Waals surface area contributed by atoms with Crippen LogP contribution in [0.1, 0.15) is 38.5 Å². The van der Waals surface area contributed by atoms with E-state index in [1.165, 1.54) is 6.42 Å². The Kier molecular flexibility index (Phi) is 4.21. The van der Waals surface area contributed by atoms with Gasteiger partial charge in [0, 0.05) is 18.5 Å². The maximum absolute atomic E-state index is 12.1. The van der Waals surface area contributed by atoms with Crippen molar-refractivity contribution in [3.8, 4) is 0 Å². The summed E-state index contributed by atoms with van der Waals surface area (Å²) in [4.78, 5) is 14.4. The number of anilines is 1. The predicted molar refractivity (Wildman–Crippen MR) is 78.0 cm³/mol. The molecule has 0 bridgehead atoms. The number of nitrogens with zero attached hydrogens (tertiary/aromatic N) is 3.